The fourth-order valence-electron chi connectivity index (χ4n) is 4.02. The van der Waals surface area contributed by atoms with E-state index in [0.717, 1.165) is 49.2 Å². The Hall–Kier alpha value is -2.01. The molecule has 5 nitrogen and oxygen atoms in total. The van der Waals surface area contributed by atoms with Crippen LogP contribution in [0.25, 0.3) is 0 Å². The highest BCUT2D eigenvalue weighted by Gasteiger charge is 2.57. The number of hydrogen-bond donors (Lipinski definition) is 2. The number of carbonyl (C=O) groups excluding carboxylic acids is 1. The van der Waals surface area contributed by atoms with Crippen LogP contribution in [0, 0.1) is 11.3 Å². The number of hydrogen-bond acceptors (Lipinski definition) is 4. The fraction of sp³-hybridized carbons (Fsp3) is 0.550. The first-order chi connectivity index (χ1) is 12.1. The highest BCUT2D eigenvalue weighted by molar-refractivity contribution is 5.82. The standard InChI is InChI=1S/C20H28N2O3/c1-4-5-15-10-14(11-17(24-2)18(15)25-3)13-22-19(23)16-12-20(16)6-8-21-9-7-20/h4,10-11,16,21H,1,5-9,12-13H2,2-3H3,(H,22,23). The average Bonchev–Trinajstić information content (AvgIpc) is 3.33. The Morgan fingerprint density at radius 1 is 1.36 bits per heavy atom. The van der Waals surface area contributed by atoms with Crippen molar-refractivity contribution in [2.24, 2.45) is 11.3 Å². The molecule has 1 aliphatic carbocycles. The van der Waals surface area contributed by atoms with Gasteiger partial charge in [0.2, 0.25) is 5.91 Å². The zero-order valence-corrected chi connectivity index (χ0v) is 15.2. The molecule has 2 fully saturated rings. The van der Waals surface area contributed by atoms with Gasteiger partial charge in [-0.25, -0.2) is 0 Å². The molecule has 1 spiro atoms. The first kappa shape index (κ1) is 17.8. The monoisotopic (exact) mass is 344 g/mol. The van der Waals surface area contributed by atoms with E-state index in [9.17, 15) is 4.79 Å². The van der Waals surface area contributed by atoms with E-state index < -0.39 is 0 Å². The maximum absolute atomic E-state index is 12.5. The molecule has 5 heteroatoms. The smallest absolute Gasteiger partial charge is 0.223 e. The van der Waals surface area contributed by atoms with Crippen molar-refractivity contribution >= 4 is 5.91 Å². The number of allylic oxidation sites excluding steroid dienone is 1. The number of ether oxygens (including phenoxy) is 2. The maximum Gasteiger partial charge on any atom is 0.223 e. The molecule has 1 unspecified atom stereocenters. The van der Waals surface area contributed by atoms with E-state index in [4.69, 9.17) is 9.47 Å². The minimum atomic E-state index is 0.182. The largest absolute Gasteiger partial charge is 0.493 e. The number of nitrogens with one attached hydrogen (secondary N) is 2. The quantitative estimate of drug-likeness (QED) is 0.746. The molecule has 3 rings (SSSR count). The van der Waals surface area contributed by atoms with Gasteiger partial charge in [0.1, 0.15) is 0 Å². The summed E-state index contributed by atoms with van der Waals surface area (Å²) >= 11 is 0. The van der Waals surface area contributed by atoms with Crippen molar-refractivity contribution in [3.8, 4) is 11.5 Å². The molecule has 1 atom stereocenters. The molecular weight excluding hydrogens is 316 g/mol. The van der Waals surface area contributed by atoms with Crippen LogP contribution in [0.2, 0.25) is 0 Å². The summed E-state index contributed by atoms with van der Waals surface area (Å²) in [7, 11) is 3.26. The molecule has 136 valence electrons. The van der Waals surface area contributed by atoms with E-state index in [-0.39, 0.29) is 17.2 Å². The van der Waals surface area contributed by atoms with Crippen molar-refractivity contribution in [1.29, 1.82) is 0 Å². The summed E-state index contributed by atoms with van der Waals surface area (Å²) in [6, 6.07) is 3.98. The lowest BCUT2D eigenvalue weighted by Crippen LogP contribution is -2.33. The van der Waals surface area contributed by atoms with Gasteiger partial charge >= 0.3 is 0 Å². The molecule has 0 bridgehead atoms. The third-order valence-electron chi connectivity index (χ3n) is 5.55. The summed E-state index contributed by atoms with van der Waals surface area (Å²) in [5.41, 5.74) is 2.30. The molecule has 1 amide bonds. The van der Waals surface area contributed by atoms with Crippen LogP contribution in [0.3, 0.4) is 0 Å². The molecule has 1 saturated heterocycles. The second kappa shape index (κ2) is 7.48. The fourth-order valence-corrected chi connectivity index (χ4v) is 4.02. The van der Waals surface area contributed by atoms with Gasteiger partial charge in [-0.05, 0) is 61.9 Å². The lowest BCUT2D eigenvalue weighted by atomic mass is 9.92. The van der Waals surface area contributed by atoms with Crippen molar-refractivity contribution in [2.45, 2.75) is 32.2 Å². The van der Waals surface area contributed by atoms with Crippen LogP contribution < -0.4 is 20.1 Å². The van der Waals surface area contributed by atoms with E-state index >= 15 is 0 Å². The molecule has 2 aliphatic rings. The van der Waals surface area contributed by atoms with Crippen molar-refractivity contribution in [2.75, 3.05) is 27.3 Å². The first-order valence-corrected chi connectivity index (χ1v) is 8.96. The van der Waals surface area contributed by atoms with Gasteiger partial charge in [-0.3, -0.25) is 4.79 Å². The van der Waals surface area contributed by atoms with Crippen LogP contribution in [0.5, 0.6) is 11.5 Å². The second-order valence-corrected chi connectivity index (χ2v) is 7.07. The summed E-state index contributed by atoms with van der Waals surface area (Å²) in [6.07, 6.45) is 5.80. The third kappa shape index (κ3) is 3.66. The van der Waals surface area contributed by atoms with E-state index in [0.29, 0.717) is 18.7 Å². The maximum atomic E-state index is 12.5. The Morgan fingerprint density at radius 3 is 2.76 bits per heavy atom. The van der Waals surface area contributed by atoms with Crippen molar-refractivity contribution in [1.82, 2.24) is 10.6 Å². The van der Waals surface area contributed by atoms with Gasteiger partial charge in [-0.1, -0.05) is 6.08 Å². The van der Waals surface area contributed by atoms with Crippen LogP contribution in [-0.4, -0.2) is 33.2 Å². The molecular formula is C20H28N2O3. The molecule has 25 heavy (non-hydrogen) atoms. The van der Waals surface area contributed by atoms with Crippen LogP contribution >= 0.6 is 0 Å². The Balaban J connectivity index is 1.65. The van der Waals surface area contributed by atoms with Gasteiger partial charge in [-0.15, -0.1) is 6.58 Å². The van der Waals surface area contributed by atoms with Crippen LogP contribution in [0.1, 0.15) is 30.4 Å². The van der Waals surface area contributed by atoms with Gasteiger partial charge in [-0.2, -0.15) is 0 Å². The topological polar surface area (TPSA) is 59.6 Å². The number of carbonyl (C=O) groups is 1. The summed E-state index contributed by atoms with van der Waals surface area (Å²) < 4.78 is 10.9. The SMILES string of the molecule is C=CCc1cc(CNC(=O)C2CC23CCNCC3)cc(OC)c1OC. The van der Waals surface area contributed by atoms with Gasteiger partial charge in [0.25, 0.3) is 0 Å². The van der Waals surface area contributed by atoms with Crippen molar-refractivity contribution in [3.05, 3.63) is 35.9 Å². The van der Waals surface area contributed by atoms with Gasteiger partial charge < -0.3 is 20.1 Å². The van der Waals surface area contributed by atoms with Crippen LogP contribution in [0.4, 0.5) is 0 Å². The molecule has 1 aliphatic heterocycles. The molecule has 1 saturated carbocycles. The third-order valence-corrected chi connectivity index (χ3v) is 5.55. The Morgan fingerprint density at radius 2 is 2.12 bits per heavy atom. The number of rotatable bonds is 7. The molecule has 0 radical (unpaired) electrons. The molecule has 1 heterocycles. The zero-order chi connectivity index (χ0) is 17.9. The molecule has 2 N–H and O–H groups in total. The summed E-state index contributed by atoms with van der Waals surface area (Å²) in [6.45, 7) is 6.37. The zero-order valence-electron chi connectivity index (χ0n) is 15.2. The van der Waals surface area contributed by atoms with E-state index in [1.807, 2.05) is 12.1 Å². The first-order valence-electron chi connectivity index (χ1n) is 8.96. The molecule has 1 aromatic rings. The van der Waals surface area contributed by atoms with Gasteiger partial charge in [0.05, 0.1) is 14.2 Å². The van der Waals surface area contributed by atoms with Crippen molar-refractivity contribution in [3.63, 3.8) is 0 Å². The summed E-state index contributed by atoms with van der Waals surface area (Å²) in [5.74, 6) is 1.78. The normalized spacial score (nSPS) is 20.8. The summed E-state index contributed by atoms with van der Waals surface area (Å²) in [4.78, 5) is 12.5. The number of amides is 1. The van der Waals surface area contributed by atoms with E-state index in [1.54, 1.807) is 14.2 Å². The predicted molar refractivity (Wildman–Crippen MR) is 97.9 cm³/mol. The molecule has 0 aromatic heterocycles. The van der Waals surface area contributed by atoms with Crippen molar-refractivity contribution < 1.29 is 14.3 Å². The minimum absolute atomic E-state index is 0.182. The van der Waals surface area contributed by atoms with E-state index in [2.05, 4.69) is 23.3 Å². The van der Waals surface area contributed by atoms with Crippen LogP contribution in [0.15, 0.2) is 24.8 Å². The summed E-state index contributed by atoms with van der Waals surface area (Å²) in [5, 5.41) is 6.48. The Kier molecular flexibility index (Phi) is 5.33. The van der Waals surface area contributed by atoms with E-state index in [1.165, 1.54) is 0 Å². The van der Waals surface area contributed by atoms with Crippen LogP contribution in [-0.2, 0) is 17.8 Å². The minimum Gasteiger partial charge on any atom is -0.493 e. The lowest BCUT2D eigenvalue weighted by Gasteiger charge is -2.23. The number of methoxy groups -OCH3 is 2. The molecule has 1 aromatic carbocycles. The highest BCUT2D eigenvalue weighted by atomic mass is 16.5. The van der Waals surface area contributed by atoms with Gasteiger partial charge in [0.15, 0.2) is 11.5 Å². The van der Waals surface area contributed by atoms with Gasteiger partial charge in [0, 0.05) is 18.0 Å². The predicted octanol–water partition coefficient (Wildman–Crippen LogP) is 2.44. The Bertz CT molecular complexity index is 651. The lowest BCUT2D eigenvalue weighted by molar-refractivity contribution is -0.123. The Labute approximate surface area is 149 Å². The highest BCUT2D eigenvalue weighted by Crippen LogP contribution is 2.58. The number of piperidine rings is 1. The average molecular weight is 344 g/mol. The number of benzene rings is 1. The second-order valence-electron chi connectivity index (χ2n) is 7.07.